The van der Waals surface area contributed by atoms with Gasteiger partial charge in [0.25, 0.3) is 11.6 Å². The minimum Gasteiger partial charge on any atom is -0.379 e. The first-order valence-corrected chi connectivity index (χ1v) is 11.0. The van der Waals surface area contributed by atoms with Crippen molar-refractivity contribution in [3.63, 3.8) is 0 Å². The second-order valence-electron chi connectivity index (χ2n) is 6.18. The highest BCUT2D eigenvalue weighted by atomic mass is 32.2. The molecular weight excluding hydrogens is 430 g/mol. The van der Waals surface area contributed by atoms with Gasteiger partial charge in [0.2, 0.25) is 0 Å². The van der Waals surface area contributed by atoms with Gasteiger partial charge in [-0.15, -0.1) is 11.3 Å². The third-order valence-corrected chi connectivity index (χ3v) is 6.04. The van der Waals surface area contributed by atoms with Crippen molar-refractivity contribution in [3.8, 4) is 5.75 Å². The number of rotatable bonds is 8. The lowest BCUT2D eigenvalue weighted by Gasteiger charge is -2.08. The van der Waals surface area contributed by atoms with Gasteiger partial charge in [0.05, 0.1) is 15.6 Å². The van der Waals surface area contributed by atoms with Crippen LogP contribution < -0.4 is 9.50 Å². The van der Waals surface area contributed by atoms with Crippen LogP contribution >= 0.6 is 11.3 Å². The molecule has 1 aromatic heterocycles. The van der Waals surface area contributed by atoms with Crippen LogP contribution in [-0.2, 0) is 16.5 Å². The van der Waals surface area contributed by atoms with Crippen molar-refractivity contribution in [2.45, 2.75) is 18.2 Å². The molecule has 0 fully saturated rings. The number of carbonyl (C=O) groups excluding carboxylic acids is 1. The van der Waals surface area contributed by atoms with Crippen LogP contribution in [0.1, 0.15) is 21.1 Å². The molecule has 1 N–H and O–H groups in total. The molecule has 30 heavy (non-hydrogen) atoms. The predicted molar refractivity (Wildman–Crippen MR) is 110 cm³/mol. The summed E-state index contributed by atoms with van der Waals surface area (Å²) in [6.07, 6.45) is 0.610. The largest absolute Gasteiger partial charge is 0.379 e. The smallest absolute Gasteiger partial charge is 0.339 e. The molecule has 2 aromatic carbocycles. The Balaban J connectivity index is 1.61. The molecule has 1 amide bonds. The summed E-state index contributed by atoms with van der Waals surface area (Å²) in [5.74, 6) is -0.328. The van der Waals surface area contributed by atoms with E-state index < -0.39 is 15.0 Å². The Labute approximate surface area is 176 Å². The molecule has 0 aliphatic carbocycles. The molecule has 9 nitrogen and oxygen atoms in total. The average molecular weight is 447 g/mol. The van der Waals surface area contributed by atoms with Crippen LogP contribution in [0.2, 0.25) is 0 Å². The molecule has 0 spiro atoms. The minimum absolute atomic E-state index is 0.0176. The van der Waals surface area contributed by atoms with Crippen molar-refractivity contribution in [2.24, 2.45) is 0 Å². The van der Waals surface area contributed by atoms with Gasteiger partial charge in [-0.3, -0.25) is 14.9 Å². The maximum atomic E-state index is 12.3. The van der Waals surface area contributed by atoms with Crippen LogP contribution in [0.4, 0.5) is 5.69 Å². The van der Waals surface area contributed by atoms with E-state index in [0.29, 0.717) is 18.5 Å². The molecule has 0 aliphatic heterocycles. The molecule has 3 rings (SSSR count). The molecule has 3 aromatic rings. The van der Waals surface area contributed by atoms with Crippen molar-refractivity contribution >= 4 is 33.0 Å². The van der Waals surface area contributed by atoms with Crippen LogP contribution in [0.5, 0.6) is 5.75 Å². The van der Waals surface area contributed by atoms with Crippen LogP contribution in [0.3, 0.4) is 0 Å². The fourth-order valence-electron chi connectivity index (χ4n) is 2.52. The molecule has 0 atom stereocenters. The zero-order chi connectivity index (χ0) is 21.7. The lowest BCUT2D eigenvalue weighted by Crippen LogP contribution is -2.25. The number of nitrogens with one attached hydrogen (secondary N) is 1. The van der Waals surface area contributed by atoms with E-state index in [9.17, 15) is 23.3 Å². The standard InChI is InChI=1S/C19H17N3O6S2/c1-13-21-15(12-29-13)9-10-20-19(23)14-5-7-17(8-6-14)28-30(26,27)18-4-2-3-16(11-18)22(24)25/h2-8,11-12H,9-10H2,1H3,(H,20,23). The van der Waals surface area contributed by atoms with E-state index >= 15 is 0 Å². The van der Waals surface area contributed by atoms with Crippen LogP contribution in [-0.4, -0.2) is 30.8 Å². The monoisotopic (exact) mass is 447 g/mol. The first-order valence-electron chi connectivity index (χ1n) is 8.73. The summed E-state index contributed by atoms with van der Waals surface area (Å²) in [5, 5.41) is 16.5. The van der Waals surface area contributed by atoms with Gasteiger partial charge in [-0.05, 0) is 37.3 Å². The molecule has 1 heterocycles. The number of benzene rings is 2. The van der Waals surface area contributed by atoms with Gasteiger partial charge < -0.3 is 9.50 Å². The Kier molecular flexibility index (Phi) is 6.43. The number of amides is 1. The number of hydrogen-bond donors (Lipinski definition) is 1. The highest BCUT2D eigenvalue weighted by Crippen LogP contribution is 2.22. The number of hydrogen-bond acceptors (Lipinski definition) is 8. The van der Waals surface area contributed by atoms with E-state index in [1.807, 2.05) is 12.3 Å². The number of aromatic nitrogens is 1. The first-order chi connectivity index (χ1) is 14.2. The van der Waals surface area contributed by atoms with Crippen molar-refractivity contribution < 1.29 is 22.3 Å². The molecule has 0 unspecified atom stereocenters. The third kappa shape index (κ3) is 5.39. The summed E-state index contributed by atoms with van der Waals surface area (Å²) in [6.45, 7) is 2.33. The highest BCUT2D eigenvalue weighted by Gasteiger charge is 2.20. The van der Waals surface area contributed by atoms with Gasteiger partial charge in [-0.1, -0.05) is 6.07 Å². The molecule has 0 aliphatic rings. The van der Waals surface area contributed by atoms with Crippen LogP contribution in [0, 0.1) is 17.0 Å². The van der Waals surface area contributed by atoms with E-state index in [1.54, 1.807) is 11.3 Å². The second-order valence-corrected chi connectivity index (χ2v) is 8.79. The van der Waals surface area contributed by atoms with Gasteiger partial charge in [0, 0.05) is 36.0 Å². The van der Waals surface area contributed by atoms with Gasteiger partial charge in [0.15, 0.2) is 0 Å². The van der Waals surface area contributed by atoms with E-state index in [2.05, 4.69) is 10.3 Å². The fraction of sp³-hybridized carbons (Fsp3) is 0.158. The lowest BCUT2D eigenvalue weighted by molar-refractivity contribution is -0.385. The predicted octanol–water partition coefficient (Wildman–Crippen LogP) is 3.10. The van der Waals surface area contributed by atoms with Crippen molar-refractivity contribution in [1.82, 2.24) is 10.3 Å². The summed E-state index contributed by atoms with van der Waals surface area (Å²) in [5.41, 5.74) is 0.886. The summed E-state index contributed by atoms with van der Waals surface area (Å²) in [6, 6.07) is 10.1. The summed E-state index contributed by atoms with van der Waals surface area (Å²) < 4.78 is 29.7. The average Bonchev–Trinajstić information content (AvgIpc) is 3.13. The van der Waals surface area contributed by atoms with E-state index in [4.69, 9.17) is 4.18 Å². The fourth-order valence-corrected chi connectivity index (χ4v) is 4.14. The van der Waals surface area contributed by atoms with Crippen molar-refractivity contribution in [3.05, 3.63) is 80.3 Å². The Bertz CT molecular complexity index is 1170. The number of nitro groups is 1. The Hall–Kier alpha value is -3.31. The number of nitrogens with zero attached hydrogens (tertiary/aromatic N) is 2. The lowest BCUT2D eigenvalue weighted by atomic mass is 10.2. The second kappa shape index (κ2) is 9.01. The Morgan fingerprint density at radius 1 is 1.23 bits per heavy atom. The van der Waals surface area contributed by atoms with Gasteiger partial charge in [-0.2, -0.15) is 8.42 Å². The number of thiazole rings is 1. The highest BCUT2D eigenvalue weighted by molar-refractivity contribution is 7.87. The zero-order valence-electron chi connectivity index (χ0n) is 15.8. The van der Waals surface area contributed by atoms with Gasteiger partial charge in [0.1, 0.15) is 10.6 Å². The molecule has 156 valence electrons. The normalized spacial score (nSPS) is 11.1. The van der Waals surface area contributed by atoms with Crippen LogP contribution in [0.25, 0.3) is 0 Å². The maximum absolute atomic E-state index is 12.3. The van der Waals surface area contributed by atoms with Gasteiger partial charge >= 0.3 is 10.1 Å². The minimum atomic E-state index is -4.26. The summed E-state index contributed by atoms with van der Waals surface area (Å²) in [7, 11) is -4.26. The zero-order valence-corrected chi connectivity index (χ0v) is 17.4. The van der Waals surface area contributed by atoms with Crippen molar-refractivity contribution in [1.29, 1.82) is 0 Å². The third-order valence-electron chi connectivity index (χ3n) is 3.97. The van der Waals surface area contributed by atoms with E-state index in [1.165, 1.54) is 42.5 Å². The molecule has 11 heteroatoms. The van der Waals surface area contributed by atoms with Crippen LogP contribution in [0.15, 0.2) is 58.8 Å². The number of nitro benzene ring substituents is 1. The topological polar surface area (TPSA) is 128 Å². The van der Waals surface area contributed by atoms with Gasteiger partial charge in [-0.25, -0.2) is 4.98 Å². The van der Waals surface area contributed by atoms with E-state index in [0.717, 1.165) is 16.8 Å². The Morgan fingerprint density at radius 2 is 1.97 bits per heavy atom. The maximum Gasteiger partial charge on any atom is 0.339 e. The van der Waals surface area contributed by atoms with E-state index in [-0.39, 0.29) is 22.2 Å². The molecule has 0 saturated heterocycles. The molecular formula is C19H17N3O6S2. The number of carbonyl (C=O) groups is 1. The number of aryl methyl sites for hydroxylation is 1. The number of non-ortho nitro benzene ring substituents is 1. The summed E-state index contributed by atoms with van der Waals surface area (Å²) >= 11 is 1.55. The molecule has 0 saturated carbocycles. The quantitative estimate of drug-likeness (QED) is 0.319. The molecule has 0 bridgehead atoms. The first kappa shape index (κ1) is 21.4. The van der Waals surface area contributed by atoms with Crippen molar-refractivity contribution in [2.75, 3.05) is 6.54 Å². The Morgan fingerprint density at radius 3 is 2.60 bits per heavy atom. The summed E-state index contributed by atoms with van der Waals surface area (Å²) in [4.78, 5) is 26.3. The molecule has 0 radical (unpaired) electrons. The SMILES string of the molecule is Cc1nc(CCNC(=O)c2ccc(OS(=O)(=O)c3cccc([N+](=O)[O-])c3)cc2)cs1.